The summed E-state index contributed by atoms with van der Waals surface area (Å²) in [7, 11) is -1.58. The third-order valence-corrected chi connectivity index (χ3v) is 6.18. The van der Waals surface area contributed by atoms with Gasteiger partial charge in [0.15, 0.2) is 12.2 Å². The number of pyridine rings is 1. The van der Waals surface area contributed by atoms with E-state index >= 15 is 0 Å². The summed E-state index contributed by atoms with van der Waals surface area (Å²) in [6.07, 6.45) is 2.16. The highest BCUT2D eigenvalue weighted by Crippen LogP contribution is 2.29. The van der Waals surface area contributed by atoms with Gasteiger partial charge in [-0.2, -0.15) is 0 Å². The van der Waals surface area contributed by atoms with Gasteiger partial charge in [0.2, 0.25) is 5.91 Å². The van der Waals surface area contributed by atoms with E-state index in [1.165, 1.54) is 50.6 Å². The predicted molar refractivity (Wildman–Crippen MR) is 133 cm³/mol. The van der Waals surface area contributed by atoms with Gasteiger partial charge in [0.25, 0.3) is 15.6 Å². The highest BCUT2D eigenvalue weighted by molar-refractivity contribution is 7.92. The molecule has 1 heterocycles. The number of carbonyl (C=O) groups excluding carboxylic acids is 2. The summed E-state index contributed by atoms with van der Waals surface area (Å²) in [4.78, 5) is 40.3. The van der Waals surface area contributed by atoms with Crippen LogP contribution in [0.4, 0.5) is 5.69 Å². The van der Waals surface area contributed by atoms with Gasteiger partial charge in [0.1, 0.15) is 28.6 Å². The standard InChI is InChI=1S/C22H28N6O7S/c1-14-6-8-17(27-36(32,33)19-11-16(34-2)7-9-18(19)35-3)21(31)28(14)12-20(30)26-15(13-29)5-4-10-25-22(23)24/h5-9,11,13,27H,4,10,12H2,1-3H3,(H,26,30)(H4,23,24,25)/b15-5+. The molecule has 0 aliphatic carbocycles. The second-order valence-corrected chi connectivity index (χ2v) is 8.97. The predicted octanol–water partition coefficient (Wildman–Crippen LogP) is -0.163. The fourth-order valence-electron chi connectivity index (χ4n) is 3.03. The van der Waals surface area contributed by atoms with Gasteiger partial charge in [0, 0.05) is 18.3 Å². The number of ether oxygens (including phenoxy) is 2. The Morgan fingerprint density at radius 2 is 1.89 bits per heavy atom. The van der Waals surface area contributed by atoms with Crippen molar-refractivity contribution < 1.29 is 27.5 Å². The topological polar surface area (TPSA) is 197 Å². The molecule has 0 radical (unpaired) electrons. The van der Waals surface area contributed by atoms with Crippen LogP contribution < -0.4 is 36.5 Å². The Hall–Kier alpha value is -4.33. The van der Waals surface area contributed by atoms with E-state index in [2.05, 4.69) is 15.0 Å². The zero-order valence-corrected chi connectivity index (χ0v) is 20.8. The first kappa shape index (κ1) is 27.9. The van der Waals surface area contributed by atoms with E-state index in [1.807, 2.05) is 0 Å². The molecule has 1 aromatic carbocycles. The van der Waals surface area contributed by atoms with Crippen LogP contribution in [0.15, 0.2) is 56.8 Å². The Balaban J connectivity index is 2.28. The Morgan fingerprint density at radius 3 is 2.50 bits per heavy atom. The smallest absolute Gasteiger partial charge is 0.275 e. The lowest BCUT2D eigenvalue weighted by Crippen LogP contribution is -2.34. The monoisotopic (exact) mass is 520 g/mol. The molecule has 0 bridgehead atoms. The van der Waals surface area contributed by atoms with Crippen LogP contribution in [-0.2, 0) is 26.2 Å². The first-order valence-electron chi connectivity index (χ1n) is 10.5. The molecule has 0 fully saturated rings. The van der Waals surface area contributed by atoms with Crippen LogP contribution in [0.5, 0.6) is 11.5 Å². The van der Waals surface area contributed by atoms with Crippen LogP contribution in [0.1, 0.15) is 12.1 Å². The second kappa shape index (κ2) is 12.4. The number of guanidine groups is 1. The van der Waals surface area contributed by atoms with Crippen molar-refractivity contribution in [1.29, 1.82) is 0 Å². The van der Waals surface area contributed by atoms with Gasteiger partial charge >= 0.3 is 0 Å². The van der Waals surface area contributed by atoms with E-state index in [0.717, 1.165) is 4.57 Å². The number of aryl methyl sites for hydroxylation is 1. The van der Waals surface area contributed by atoms with E-state index in [1.54, 1.807) is 6.92 Å². The van der Waals surface area contributed by atoms with Gasteiger partial charge in [-0.3, -0.25) is 24.1 Å². The first-order chi connectivity index (χ1) is 17.0. The molecule has 0 aliphatic heterocycles. The lowest BCUT2D eigenvalue weighted by atomic mass is 10.3. The summed E-state index contributed by atoms with van der Waals surface area (Å²) in [6, 6.07) is 6.96. The quantitative estimate of drug-likeness (QED) is 0.0965. The molecule has 0 unspecified atom stereocenters. The molecule has 0 spiro atoms. The van der Waals surface area contributed by atoms with Crippen molar-refractivity contribution in [1.82, 2.24) is 9.88 Å². The lowest BCUT2D eigenvalue weighted by Gasteiger charge is -2.15. The lowest BCUT2D eigenvalue weighted by molar-refractivity contribution is -0.122. The summed E-state index contributed by atoms with van der Waals surface area (Å²) < 4.78 is 39.6. The van der Waals surface area contributed by atoms with Crippen LogP contribution in [0, 0.1) is 6.92 Å². The van der Waals surface area contributed by atoms with Crippen molar-refractivity contribution >= 4 is 33.9 Å². The van der Waals surface area contributed by atoms with Crippen molar-refractivity contribution in [3.8, 4) is 11.5 Å². The number of nitrogens with one attached hydrogen (secondary N) is 2. The third kappa shape index (κ3) is 7.33. The van der Waals surface area contributed by atoms with Gasteiger partial charge in [0.05, 0.1) is 19.9 Å². The third-order valence-electron chi connectivity index (χ3n) is 4.80. The van der Waals surface area contributed by atoms with Gasteiger partial charge < -0.3 is 30.8 Å². The van der Waals surface area contributed by atoms with Gasteiger partial charge in [-0.15, -0.1) is 0 Å². The number of hydrogen-bond acceptors (Lipinski definition) is 8. The van der Waals surface area contributed by atoms with E-state index in [-0.39, 0.29) is 46.7 Å². The summed E-state index contributed by atoms with van der Waals surface area (Å²) in [5.41, 5.74) is 9.76. The molecule has 0 aliphatic rings. The molecular weight excluding hydrogens is 492 g/mol. The molecule has 36 heavy (non-hydrogen) atoms. The number of nitrogens with two attached hydrogens (primary N) is 2. The van der Waals surface area contributed by atoms with Crippen LogP contribution in [-0.4, -0.2) is 51.9 Å². The average molecular weight is 521 g/mol. The zero-order chi connectivity index (χ0) is 26.9. The van der Waals surface area contributed by atoms with E-state index in [0.29, 0.717) is 12.0 Å². The number of rotatable bonds is 12. The van der Waals surface area contributed by atoms with Crippen molar-refractivity contribution in [2.45, 2.75) is 24.8 Å². The number of hydrogen-bond donors (Lipinski definition) is 4. The summed E-state index contributed by atoms with van der Waals surface area (Å²) >= 11 is 0. The highest BCUT2D eigenvalue weighted by atomic mass is 32.2. The van der Waals surface area contributed by atoms with Crippen LogP contribution in [0.3, 0.4) is 0 Å². The Kier molecular flexibility index (Phi) is 9.61. The van der Waals surface area contributed by atoms with Crippen LogP contribution in [0.25, 0.3) is 0 Å². The minimum atomic E-state index is -4.26. The van der Waals surface area contributed by atoms with Gasteiger partial charge in [-0.25, -0.2) is 8.42 Å². The van der Waals surface area contributed by atoms with Crippen LogP contribution >= 0.6 is 0 Å². The molecule has 0 atom stereocenters. The number of nitrogens with zero attached hydrogens (tertiary/aromatic N) is 2. The summed E-state index contributed by atoms with van der Waals surface area (Å²) in [5.74, 6) is -0.459. The molecule has 0 saturated carbocycles. The maximum absolute atomic E-state index is 13.0. The largest absolute Gasteiger partial charge is 0.497 e. The van der Waals surface area contributed by atoms with Gasteiger partial charge in [-0.05, 0) is 37.6 Å². The number of benzene rings is 1. The van der Waals surface area contributed by atoms with Crippen molar-refractivity contribution in [3.05, 3.63) is 58.2 Å². The molecule has 6 N–H and O–H groups in total. The van der Waals surface area contributed by atoms with Crippen molar-refractivity contribution in [2.75, 3.05) is 25.5 Å². The molecule has 1 amide bonds. The summed E-state index contributed by atoms with van der Waals surface area (Å²) in [6.45, 7) is 1.32. The average Bonchev–Trinajstić information content (AvgIpc) is 2.84. The van der Waals surface area contributed by atoms with E-state index in [9.17, 15) is 22.8 Å². The molecule has 13 nitrogen and oxygen atoms in total. The number of aliphatic imine (C=N–C) groups is 1. The number of allylic oxidation sites excluding steroid dienone is 1. The van der Waals surface area contributed by atoms with Crippen LogP contribution in [0.2, 0.25) is 0 Å². The maximum Gasteiger partial charge on any atom is 0.275 e. The van der Waals surface area contributed by atoms with E-state index in [4.69, 9.17) is 20.9 Å². The number of amides is 1. The Bertz CT molecular complexity index is 1350. The number of methoxy groups -OCH3 is 2. The summed E-state index contributed by atoms with van der Waals surface area (Å²) in [5, 5.41) is 2.39. The van der Waals surface area contributed by atoms with E-state index < -0.39 is 28.0 Å². The number of anilines is 1. The van der Waals surface area contributed by atoms with Crippen molar-refractivity contribution in [3.63, 3.8) is 0 Å². The SMILES string of the molecule is COc1ccc(OC)c(S(=O)(=O)Nc2ccc(C)n(CC(=O)N/C(C=O)=C/CCN=C(N)N)c2=O)c1. The number of carbonyl (C=O) groups is 2. The number of aldehydes is 1. The molecular formula is C22H28N6O7S. The Labute approximate surface area is 207 Å². The first-order valence-corrected chi connectivity index (χ1v) is 12.0. The normalized spacial score (nSPS) is 11.4. The second-order valence-electron chi connectivity index (χ2n) is 7.32. The number of aromatic nitrogens is 1. The Morgan fingerprint density at radius 1 is 1.17 bits per heavy atom. The molecule has 2 rings (SSSR count). The minimum Gasteiger partial charge on any atom is -0.497 e. The highest BCUT2D eigenvalue weighted by Gasteiger charge is 2.23. The van der Waals surface area contributed by atoms with Crippen molar-refractivity contribution in [2.24, 2.45) is 16.5 Å². The molecule has 194 valence electrons. The number of sulfonamides is 1. The zero-order valence-electron chi connectivity index (χ0n) is 20.0. The molecule has 1 aromatic heterocycles. The molecule has 2 aromatic rings. The minimum absolute atomic E-state index is 0.0292. The fraction of sp³-hybridized carbons (Fsp3) is 0.273. The molecule has 14 heteroatoms. The van der Waals surface area contributed by atoms with Gasteiger partial charge in [-0.1, -0.05) is 6.08 Å². The molecule has 0 saturated heterocycles. The maximum atomic E-state index is 13.0. The fourth-order valence-corrected chi connectivity index (χ4v) is 4.27.